The summed E-state index contributed by atoms with van der Waals surface area (Å²) in [6.45, 7) is 1.15. The second kappa shape index (κ2) is 6.07. The first-order chi connectivity index (χ1) is 12.9. The van der Waals surface area contributed by atoms with E-state index in [4.69, 9.17) is 9.47 Å². The molecule has 0 spiro atoms. The van der Waals surface area contributed by atoms with Crippen LogP contribution in [0.15, 0.2) is 66.7 Å². The van der Waals surface area contributed by atoms with Crippen LogP contribution in [0.3, 0.4) is 0 Å². The quantitative estimate of drug-likeness (QED) is 0.610. The Labute approximate surface area is 150 Å². The van der Waals surface area contributed by atoms with E-state index in [1.54, 1.807) is 0 Å². The molecule has 6 nitrogen and oxygen atoms in total. The Balaban J connectivity index is 1.56. The fourth-order valence-corrected chi connectivity index (χ4v) is 3.03. The summed E-state index contributed by atoms with van der Waals surface area (Å²) in [4.78, 5) is 4.57. The average molecular weight is 344 g/mol. The van der Waals surface area contributed by atoms with Crippen molar-refractivity contribution in [3.63, 3.8) is 0 Å². The van der Waals surface area contributed by atoms with Gasteiger partial charge in [-0.1, -0.05) is 24.3 Å². The standard InChI is InChI=1S/C20H16N4O2/c1-2-5-15(6-3-1)21-20-22-19-8-4-7-16(24(19)23-20)14-9-10-17-18(13-14)26-12-11-25-17/h1-10,13H,11-12H2,(H,21,23). The molecule has 26 heavy (non-hydrogen) atoms. The SMILES string of the molecule is c1ccc(Nc2nc3cccc(-c4ccc5c(c4)OCCO5)n3n2)cc1. The zero-order chi connectivity index (χ0) is 17.3. The topological polar surface area (TPSA) is 60.7 Å². The first kappa shape index (κ1) is 14.8. The molecule has 3 heterocycles. The third-order valence-corrected chi connectivity index (χ3v) is 4.23. The maximum atomic E-state index is 5.70. The fourth-order valence-electron chi connectivity index (χ4n) is 3.03. The van der Waals surface area contributed by atoms with Crippen molar-refractivity contribution < 1.29 is 9.47 Å². The lowest BCUT2D eigenvalue weighted by atomic mass is 10.1. The van der Waals surface area contributed by atoms with Crippen molar-refractivity contribution in [3.8, 4) is 22.8 Å². The smallest absolute Gasteiger partial charge is 0.247 e. The molecule has 0 bridgehead atoms. The zero-order valence-corrected chi connectivity index (χ0v) is 13.9. The molecular formula is C20H16N4O2. The molecule has 1 aliphatic heterocycles. The molecule has 0 aliphatic carbocycles. The number of nitrogens with one attached hydrogen (secondary N) is 1. The summed E-state index contributed by atoms with van der Waals surface area (Å²) in [6, 6.07) is 21.7. The van der Waals surface area contributed by atoms with Gasteiger partial charge in [-0.05, 0) is 42.5 Å². The van der Waals surface area contributed by atoms with Gasteiger partial charge in [0.15, 0.2) is 17.1 Å². The number of hydrogen-bond donors (Lipinski definition) is 1. The van der Waals surface area contributed by atoms with Gasteiger partial charge in [-0.25, -0.2) is 4.52 Å². The van der Waals surface area contributed by atoms with E-state index in [0.717, 1.165) is 34.1 Å². The van der Waals surface area contributed by atoms with Crippen LogP contribution in [-0.2, 0) is 0 Å². The number of aromatic nitrogens is 3. The fraction of sp³-hybridized carbons (Fsp3) is 0.100. The summed E-state index contributed by atoms with van der Waals surface area (Å²) in [5, 5.41) is 7.85. The van der Waals surface area contributed by atoms with Gasteiger partial charge in [-0.2, -0.15) is 4.98 Å². The highest BCUT2D eigenvalue weighted by atomic mass is 16.6. The minimum absolute atomic E-state index is 0.557. The number of nitrogens with zero attached hydrogens (tertiary/aromatic N) is 3. The number of anilines is 2. The minimum atomic E-state index is 0.557. The van der Waals surface area contributed by atoms with Crippen LogP contribution in [0.25, 0.3) is 16.9 Å². The highest BCUT2D eigenvalue weighted by Gasteiger charge is 2.15. The van der Waals surface area contributed by atoms with Crippen molar-refractivity contribution in [1.29, 1.82) is 0 Å². The number of rotatable bonds is 3. The Morgan fingerprint density at radius 1 is 0.846 bits per heavy atom. The van der Waals surface area contributed by atoms with Gasteiger partial charge in [0, 0.05) is 11.3 Å². The van der Waals surface area contributed by atoms with E-state index in [1.807, 2.05) is 71.2 Å². The van der Waals surface area contributed by atoms with Crippen molar-refractivity contribution >= 4 is 17.3 Å². The third-order valence-electron chi connectivity index (χ3n) is 4.23. The molecule has 0 atom stereocenters. The number of benzene rings is 2. The molecule has 2 aromatic heterocycles. The monoisotopic (exact) mass is 344 g/mol. The summed E-state index contributed by atoms with van der Waals surface area (Å²) in [5.41, 5.74) is 3.66. The summed E-state index contributed by atoms with van der Waals surface area (Å²) >= 11 is 0. The summed E-state index contributed by atoms with van der Waals surface area (Å²) < 4.78 is 13.1. The molecule has 0 amide bonds. The molecule has 6 heteroatoms. The first-order valence-electron chi connectivity index (χ1n) is 8.45. The molecule has 0 radical (unpaired) electrons. The normalized spacial score (nSPS) is 12.9. The number of para-hydroxylation sites is 1. The van der Waals surface area contributed by atoms with Crippen molar-refractivity contribution in [3.05, 3.63) is 66.7 Å². The van der Waals surface area contributed by atoms with Crippen LogP contribution in [0.2, 0.25) is 0 Å². The molecule has 2 aromatic carbocycles. The second-order valence-electron chi connectivity index (χ2n) is 5.97. The van der Waals surface area contributed by atoms with Crippen LogP contribution in [0, 0.1) is 0 Å². The van der Waals surface area contributed by atoms with E-state index < -0.39 is 0 Å². The Bertz CT molecular complexity index is 1080. The van der Waals surface area contributed by atoms with Crippen LogP contribution >= 0.6 is 0 Å². The lowest BCUT2D eigenvalue weighted by Gasteiger charge is -2.19. The Morgan fingerprint density at radius 3 is 2.58 bits per heavy atom. The van der Waals surface area contributed by atoms with Crippen LogP contribution in [0.5, 0.6) is 11.5 Å². The van der Waals surface area contributed by atoms with Crippen molar-refractivity contribution in [1.82, 2.24) is 14.6 Å². The highest BCUT2D eigenvalue weighted by molar-refractivity contribution is 5.67. The highest BCUT2D eigenvalue weighted by Crippen LogP contribution is 2.34. The molecule has 0 saturated carbocycles. The largest absolute Gasteiger partial charge is 0.486 e. The molecule has 0 saturated heterocycles. The zero-order valence-electron chi connectivity index (χ0n) is 13.9. The average Bonchev–Trinajstić information content (AvgIpc) is 3.11. The third kappa shape index (κ3) is 2.61. The van der Waals surface area contributed by atoms with Gasteiger partial charge >= 0.3 is 0 Å². The van der Waals surface area contributed by atoms with E-state index in [1.165, 1.54) is 0 Å². The van der Waals surface area contributed by atoms with Crippen molar-refractivity contribution in [2.24, 2.45) is 0 Å². The molecule has 0 unspecified atom stereocenters. The van der Waals surface area contributed by atoms with E-state index in [2.05, 4.69) is 15.4 Å². The predicted octanol–water partition coefficient (Wildman–Crippen LogP) is 3.91. The number of hydrogen-bond acceptors (Lipinski definition) is 5. The number of ether oxygens (including phenoxy) is 2. The van der Waals surface area contributed by atoms with E-state index in [0.29, 0.717) is 19.2 Å². The van der Waals surface area contributed by atoms with Crippen molar-refractivity contribution in [2.45, 2.75) is 0 Å². The van der Waals surface area contributed by atoms with E-state index in [9.17, 15) is 0 Å². The molecule has 4 aromatic rings. The first-order valence-corrected chi connectivity index (χ1v) is 8.45. The number of fused-ring (bicyclic) bond motifs is 2. The summed E-state index contributed by atoms with van der Waals surface area (Å²) in [5.74, 6) is 2.09. The minimum Gasteiger partial charge on any atom is -0.486 e. The van der Waals surface area contributed by atoms with Gasteiger partial charge in [-0.3, -0.25) is 0 Å². The molecular weight excluding hydrogens is 328 g/mol. The van der Waals surface area contributed by atoms with E-state index in [-0.39, 0.29) is 0 Å². The van der Waals surface area contributed by atoms with Gasteiger partial charge in [0.25, 0.3) is 0 Å². The predicted molar refractivity (Wildman–Crippen MR) is 99.1 cm³/mol. The summed E-state index contributed by atoms with van der Waals surface area (Å²) in [7, 11) is 0. The Morgan fingerprint density at radius 2 is 1.69 bits per heavy atom. The number of pyridine rings is 1. The second-order valence-corrected chi connectivity index (χ2v) is 5.97. The van der Waals surface area contributed by atoms with Crippen LogP contribution in [0.1, 0.15) is 0 Å². The maximum absolute atomic E-state index is 5.70. The molecule has 1 aliphatic rings. The van der Waals surface area contributed by atoms with Crippen LogP contribution in [0.4, 0.5) is 11.6 Å². The van der Waals surface area contributed by atoms with Gasteiger partial charge in [-0.15, -0.1) is 5.10 Å². The van der Waals surface area contributed by atoms with Gasteiger partial charge in [0.1, 0.15) is 13.2 Å². The molecule has 0 fully saturated rings. The molecule has 1 N–H and O–H groups in total. The van der Waals surface area contributed by atoms with Gasteiger partial charge in [0.05, 0.1) is 5.69 Å². The van der Waals surface area contributed by atoms with E-state index >= 15 is 0 Å². The summed E-state index contributed by atoms with van der Waals surface area (Å²) in [6.07, 6.45) is 0. The maximum Gasteiger partial charge on any atom is 0.247 e. The lowest BCUT2D eigenvalue weighted by Crippen LogP contribution is -2.15. The van der Waals surface area contributed by atoms with Gasteiger partial charge in [0.2, 0.25) is 5.95 Å². The molecule has 5 rings (SSSR count). The lowest BCUT2D eigenvalue weighted by molar-refractivity contribution is 0.171. The van der Waals surface area contributed by atoms with Crippen LogP contribution < -0.4 is 14.8 Å². The Hall–Kier alpha value is -3.54. The van der Waals surface area contributed by atoms with Crippen LogP contribution in [-0.4, -0.2) is 27.8 Å². The van der Waals surface area contributed by atoms with Gasteiger partial charge < -0.3 is 14.8 Å². The Kier molecular flexibility index (Phi) is 3.45. The molecule has 128 valence electrons. The van der Waals surface area contributed by atoms with Crippen molar-refractivity contribution in [2.75, 3.05) is 18.5 Å².